The molecule has 1 unspecified atom stereocenters. The van der Waals surface area contributed by atoms with Crippen LogP contribution in [0.15, 0.2) is 12.1 Å². The Morgan fingerprint density at radius 3 is 2.53 bits per heavy atom. The van der Waals surface area contributed by atoms with Crippen LogP contribution in [0.25, 0.3) is 0 Å². The molecule has 5 heteroatoms. The van der Waals surface area contributed by atoms with Gasteiger partial charge in [-0.05, 0) is 51.3 Å². The Morgan fingerprint density at radius 1 is 1.21 bits per heavy atom. The predicted molar refractivity (Wildman–Crippen MR) is 88.0 cm³/mol. The van der Waals surface area contributed by atoms with Crippen molar-refractivity contribution in [1.82, 2.24) is 10.2 Å². The summed E-state index contributed by atoms with van der Waals surface area (Å²) in [6, 6.07) is 6.22. The van der Waals surface area contributed by atoms with Gasteiger partial charge >= 0.3 is 0 Å². The minimum atomic E-state index is 0. The van der Waals surface area contributed by atoms with E-state index in [1.165, 1.54) is 50.2 Å². The van der Waals surface area contributed by atoms with Crippen molar-refractivity contribution >= 4 is 36.2 Å². The highest BCUT2D eigenvalue weighted by atomic mass is 35.5. The number of nitrogens with zero attached hydrogens (tertiary/aromatic N) is 1. The van der Waals surface area contributed by atoms with Crippen LogP contribution in [0.3, 0.4) is 0 Å². The van der Waals surface area contributed by atoms with Crippen LogP contribution < -0.4 is 5.32 Å². The first-order valence-electron chi connectivity index (χ1n) is 6.85. The Morgan fingerprint density at radius 2 is 2.00 bits per heavy atom. The van der Waals surface area contributed by atoms with Crippen LogP contribution in [0, 0.1) is 6.92 Å². The lowest BCUT2D eigenvalue weighted by Gasteiger charge is -2.34. The molecule has 1 saturated carbocycles. The number of thiophene rings is 1. The lowest BCUT2D eigenvalue weighted by Crippen LogP contribution is -2.46. The van der Waals surface area contributed by atoms with E-state index in [-0.39, 0.29) is 24.8 Å². The molecule has 0 amide bonds. The lowest BCUT2D eigenvalue weighted by molar-refractivity contribution is 0.150. The van der Waals surface area contributed by atoms with E-state index < -0.39 is 0 Å². The minimum absolute atomic E-state index is 0. The number of halogens is 2. The van der Waals surface area contributed by atoms with Crippen LogP contribution in [0.4, 0.5) is 0 Å². The minimum Gasteiger partial charge on any atom is -0.315 e. The third-order valence-corrected chi connectivity index (χ3v) is 4.88. The molecule has 1 saturated heterocycles. The van der Waals surface area contributed by atoms with E-state index in [0.29, 0.717) is 0 Å². The Bertz CT molecular complexity index is 373. The molecule has 2 fully saturated rings. The molecule has 110 valence electrons. The highest BCUT2D eigenvalue weighted by molar-refractivity contribution is 7.11. The third kappa shape index (κ3) is 4.61. The Hall–Kier alpha value is 0.200. The van der Waals surface area contributed by atoms with Gasteiger partial charge in [0.05, 0.1) is 0 Å². The van der Waals surface area contributed by atoms with Crippen LogP contribution in [0.2, 0.25) is 0 Å². The van der Waals surface area contributed by atoms with Gasteiger partial charge in [0.25, 0.3) is 0 Å². The highest BCUT2D eigenvalue weighted by Crippen LogP contribution is 2.32. The lowest BCUT2D eigenvalue weighted by atomic mass is 10.1. The van der Waals surface area contributed by atoms with E-state index in [1.54, 1.807) is 4.88 Å². The van der Waals surface area contributed by atoms with Gasteiger partial charge in [0.2, 0.25) is 0 Å². The maximum absolute atomic E-state index is 3.55. The van der Waals surface area contributed by atoms with E-state index >= 15 is 0 Å². The van der Waals surface area contributed by atoms with Crippen LogP contribution in [0.5, 0.6) is 0 Å². The van der Waals surface area contributed by atoms with Crippen molar-refractivity contribution in [2.45, 2.75) is 51.2 Å². The summed E-state index contributed by atoms with van der Waals surface area (Å²) in [4.78, 5) is 5.75. The highest BCUT2D eigenvalue weighted by Gasteiger charge is 2.34. The average molecular weight is 323 g/mol. The van der Waals surface area contributed by atoms with Crippen molar-refractivity contribution in [1.29, 1.82) is 0 Å². The van der Waals surface area contributed by atoms with Gasteiger partial charge in [-0.1, -0.05) is 0 Å². The third-order valence-electron chi connectivity index (χ3n) is 3.89. The van der Waals surface area contributed by atoms with Gasteiger partial charge in [-0.3, -0.25) is 4.90 Å². The van der Waals surface area contributed by atoms with Gasteiger partial charge in [0.1, 0.15) is 0 Å². The summed E-state index contributed by atoms with van der Waals surface area (Å²) in [5, 5.41) is 3.55. The molecule has 0 radical (unpaired) electrons. The maximum atomic E-state index is 3.55. The molecular weight excluding hydrogens is 299 g/mol. The van der Waals surface area contributed by atoms with E-state index in [1.807, 2.05) is 11.3 Å². The van der Waals surface area contributed by atoms with Crippen molar-refractivity contribution in [3.8, 4) is 0 Å². The summed E-state index contributed by atoms with van der Waals surface area (Å²) in [7, 11) is 0. The molecule has 1 aromatic rings. The van der Waals surface area contributed by atoms with Gasteiger partial charge in [-0.25, -0.2) is 0 Å². The average Bonchev–Trinajstić information content (AvgIpc) is 3.11. The molecule has 1 N–H and O–H groups in total. The first-order chi connectivity index (χ1) is 8.33. The molecule has 1 aliphatic carbocycles. The zero-order valence-electron chi connectivity index (χ0n) is 11.4. The summed E-state index contributed by atoms with van der Waals surface area (Å²) in [5.41, 5.74) is 0. The van der Waals surface area contributed by atoms with Gasteiger partial charge < -0.3 is 5.32 Å². The second-order valence-electron chi connectivity index (χ2n) is 5.42. The number of aryl methyl sites for hydroxylation is 1. The first kappa shape index (κ1) is 17.3. The summed E-state index contributed by atoms with van der Waals surface area (Å²) < 4.78 is 0. The van der Waals surface area contributed by atoms with Crippen LogP contribution >= 0.6 is 36.2 Å². The molecule has 2 heterocycles. The van der Waals surface area contributed by atoms with Gasteiger partial charge in [0, 0.05) is 34.9 Å². The molecule has 1 aromatic heterocycles. The number of hydrogen-bond donors (Lipinski definition) is 1. The smallest absolute Gasteiger partial charge is 0.0334 e. The van der Waals surface area contributed by atoms with Gasteiger partial charge in [-0.2, -0.15) is 0 Å². The summed E-state index contributed by atoms with van der Waals surface area (Å²) in [5.74, 6) is 0. The largest absolute Gasteiger partial charge is 0.315 e. The predicted octanol–water partition coefficient (Wildman–Crippen LogP) is 3.62. The summed E-state index contributed by atoms with van der Waals surface area (Å²) in [6.07, 6.45) is 5.56. The number of piperidine rings is 1. The molecule has 3 rings (SSSR count). The molecule has 0 bridgehead atoms. The second kappa shape index (κ2) is 7.84. The Kier molecular flexibility index (Phi) is 7.12. The van der Waals surface area contributed by atoms with E-state index in [2.05, 4.69) is 29.3 Å². The second-order valence-corrected chi connectivity index (χ2v) is 6.79. The van der Waals surface area contributed by atoms with Crippen molar-refractivity contribution in [3.05, 3.63) is 21.9 Å². The topological polar surface area (TPSA) is 15.3 Å². The van der Waals surface area contributed by atoms with Gasteiger partial charge in [-0.15, -0.1) is 36.2 Å². The first-order valence-corrected chi connectivity index (χ1v) is 7.66. The number of nitrogens with one attached hydrogen (secondary N) is 1. The van der Waals surface area contributed by atoms with E-state index in [0.717, 1.165) is 12.1 Å². The molecule has 19 heavy (non-hydrogen) atoms. The fourth-order valence-electron chi connectivity index (χ4n) is 2.83. The Balaban J connectivity index is 0.000000902. The molecule has 0 aromatic carbocycles. The summed E-state index contributed by atoms with van der Waals surface area (Å²) >= 11 is 1.96. The molecule has 0 spiro atoms. The van der Waals surface area contributed by atoms with Crippen molar-refractivity contribution in [2.24, 2.45) is 0 Å². The molecular formula is C14H24Cl2N2S. The fourth-order valence-corrected chi connectivity index (χ4v) is 3.73. The Labute approximate surface area is 132 Å². The number of hydrogen-bond acceptors (Lipinski definition) is 3. The van der Waals surface area contributed by atoms with Gasteiger partial charge in [0.15, 0.2) is 0 Å². The van der Waals surface area contributed by atoms with Crippen molar-refractivity contribution in [2.75, 3.05) is 13.1 Å². The SMILES string of the molecule is Cc1ccc(CN(C2CC2)C2CCCNC2)s1.Cl.Cl. The van der Waals surface area contributed by atoms with Crippen molar-refractivity contribution < 1.29 is 0 Å². The monoisotopic (exact) mass is 322 g/mol. The van der Waals surface area contributed by atoms with E-state index in [9.17, 15) is 0 Å². The molecule has 2 nitrogen and oxygen atoms in total. The standard InChI is InChI=1S/C14H22N2S.2ClH/c1-11-4-7-14(17-11)10-16(12-5-6-12)13-3-2-8-15-9-13;;/h4,7,12-13,15H,2-3,5-6,8-10H2,1H3;2*1H. The maximum Gasteiger partial charge on any atom is 0.0334 e. The number of rotatable bonds is 4. The molecule has 1 atom stereocenters. The van der Waals surface area contributed by atoms with E-state index in [4.69, 9.17) is 0 Å². The van der Waals surface area contributed by atoms with Crippen LogP contribution in [-0.2, 0) is 6.54 Å². The summed E-state index contributed by atoms with van der Waals surface area (Å²) in [6.45, 7) is 5.79. The zero-order chi connectivity index (χ0) is 11.7. The van der Waals surface area contributed by atoms with Crippen LogP contribution in [-0.4, -0.2) is 30.1 Å². The van der Waals surface area contributed by atoms with Crippen molar-refractivity contribution in [3.63, 3.8) is 0 Å². The molecule has 2 aliphatic rings. The zero-order valence-corrected chi connectivity index (χ0v) is 13.9. The quantitative estimate of drug-likeness (QED) is 0.910. The fraction of sp³-hybridized carbons (Fsp3) is 0.714. The molecule has 1 aliphatic heterocycles. The normalized spacial score (nSPS) is 22.7. The van der Waals surface area contributed by atoms with Crippen LogP contribution in [0.1, 0.15) is 35.4 Å².